The molecule has 0 aromatic carbocycles. The molecule has 1 aromatic rings. The van der Waals surface area contributed by atoms with E-state index in [1.165, 1.54) is 0 Å². The van der Waals surface area contributed by atoms with E-state index in [0.717, 1.165) is 18.9 Å². The van der Waals surface area contributed by atoms with Crippen molar-refractivity contribution < 1.29 is 0 Å². The molecule has 0 bridgehead atoms. The molecule has 2 atom stereocenters. The number of pyridine rings is 1. The Morgan fingerprint density at radius 1 is 1.20 bits per heavy atom. The van der Waals surface area contributed by atoms with Crippen LogP contribution in [-0.2, 0) is 0 Å². The van der Waals surface area contributed by atoms with Crippen molar-refractivity contribution in [3.8, 4) is 0 Å². The molecule has 1 saturated heterocycles. The topological polar surface area (TPSA) is 68.2 Å². The van der Waals surface area contributed by atoms with Crippen LogP contribution in [0.15, 0.2) is 12.1 Å². The summed E-state index contributed by atoms with van der Waals surface area (Å²) in [6.45, 7) is 6.64. The van der Waals surface area contributed by atoms with E-state index in [4.69, 9.17) is 11.5 Å². The third kappa shape index (κ3) is 1.84. The number of nitrogen functional groups attached to an aromatic ring is 2. The number of rotatable bonds is 1. The molecule has 0 amide bonds. The van der Waals surface area contributed by atoms with Crippen molar-refractivity contribution in [2.24, 2.45) is 11.8 Å². The maximum atomic E-state index is 5.69. The van der Waals surface area contributed by atoms with Gasteiger partial charge in [-0.2, -0.15) is 0 Å². The van der Waals surface area contributed by atoms with Crippen LogP contribution in [0, 0.1) is 11.8 Å². The van der Waals surface area contributed by atoms with Gasteiger partial charge in [-0.15, -0.1) is 0 Å². The largest absolute Gasteiger partial charge is 0.396 e. The zero-order valence-electron chi connectivity index (χ0n) is 9.27. The zero-order valence-corrected chi connectivity index (χ0v) is 9.27. The van der Waals surface area contributed by atoms with Gasteiger partial charge >= 0.3 is 0 Å². The maximum absolute atomic E-state index is 5.69. The zero-order chi connectivity index (χ0) is 11.0. The lowest BCUT2D eigenvalue weighted by molar-refractivity contribution is 0.494. The fourth-order valence-corrected chi connectivity index (χ4v) is 1.97. The Balaban J connectivity index is 2.20. The molecule has 4 heteroatoms. The first kappa shape index (κ1) is 10.1. The summed E-state index contributed by atoms with van der Waals surface area (Å²) in [6, 6.07) is 3.77. The lowest BCUT2D eigenvalue weighted by atomic mass is 10.0. The van der Waals surface area contributed by atoms with Crippen LogP contribution in [0.2, 0.25) is 0 Å². The number of hydrogen-bond donors (Lipinski definition) is 2. The molecule has 1 fully saturated rings. The third-order valence-corrected chi connectivity index (χ3v) is 3.25. The smallest absolute Gasteiger partial charge is 0.149 e. The van der Waals surface area contributed by atoms with Gasteiger partial charge in [0.15, 0.2) is 0 Å². The van der Waals surface area contributed by atoms with Gasteiger partial charge in [-0.05, 0) is 24.0 Å². The summed E-state index contributed by atoms with van der Waals surface area (Å²) in [5.41, 5.74) is 11.9. The lowest BCUT2D eigenvalue weighted by Gasteiger charge is -2.17. The summed E-state index contributed by atoms with van der Waals surface area (Å²) in [4.78, 5) is 6.57. The molecule has 4 nitrogen and oxygen atoms in total. The fourth-order valence-electron chi connectivity index (χ4n) is 1.97. The van der Waals surface area contributed by atoms with Crippen molar-refractivity contribution in [1.82, 2.24) is 4.98 Å². The predicted molar refractivity (Wildman–Crippen MR) is 63.6 cm³/mol. The fraction of sp³-hybridized carbons (Fsp3) is 0.545. The van der Waals surface area contributed by atoms with Gasteiger partial charge in [0, 0.05) is 13.1 Å². The van der Waals surface area contributed by atoms with Gasteiger partial charge in [0.2, 0.25) is 0 Å². The number of aromatic nitrogens is 1. The SMILES string of the molecule is CC1CN(c2ccc(N)c(N)n2)CC1C. The predicted octanol–water partition coefficient (Wildman–Crippen LogP) is 1.34. The molecule has 1 aliphatic rings. The second-order valence-electron chi connectivity index (χ2n) is 4.50. The molecule has 2 unspecified atom stereocenters. The quantitative estimate of drug-likeness (QED) is 0.727. The molecule has 4 N–H and O–H groups in total. The van der Waals surface area contributed by atoms with E-state index < -0.39 is 0 Å². The van der Waals surface area contributed by atoms with Crippen molar-refractivity contribution in [3.63, 3.8) is 0 Å². The third-order valence-electron chi connectivity index (χ3n) is 3.25. The van der Waals surface area contributed by atoms with Gasteiger partial charge in [0.25, 0.3) is 0 Å². The highest BCUT2D eigenvalue weighted by atomic mass is 15.2. The number of hydrogen-bond acceptors (Lipinski definition) is 4. The van der Waals surface area contributed by atoms with Gasteiger partial charge < -0.3 is 16.4 Å². The van der Waals surface area contributed by atoms with Gasteiger partial charge in [-0.25, -0.2) is 4.98 Å². The Morgan fingerprint density at radius 2 is 1.80 bits per heavy atom. The maximum Gasteiger partial charge on any atom is 0.149 e. The Morgan fingerprint density at radius 3 is 2.33 bits per heavy atom. The highest BCUT2D eigenvalue weighted by Gasteiger charge is 2.26. The monoisotopic (exact) mass is 206 g/mol. The van der Waals surface area contributed by atoms with Gasteiger partial charge in [-0.3, -0.25) is 0 Å². The second kappa shape index (κ2) is 3.61. The Kier molecular flexibility index (Phi) is 2.42. The minimum Gasteiger partial charge on any atom is -0.396 e. The summed E-state index contributed by atoms with van der Waals surface area (Å²) in [7, 11) is 0. The Hall–Kier alpha value is -1.45. The molecule has 2 rings (SSSR count). The van der Waals surface area contributed by atoms with E-state index in [9.17, 15) is 0 Å². The molecule has 2 heterocycles. The van der Waals surface area contributed by atoms with Crippen molar-refractivity contribution >= 4 is 17.3 Å². The van der Waals surface area contributed by atoms with Crippen LogP contribution >= 0.6 is 0 Å². The number of nitrogens with zero attached hydrogens (tertiary/aromatic N) is 2. The van der Waals surface area contributed by atoms with Crippen LogP contribution in [0.25, 0.3) is 0 Å². The van der Waals surface area contributed by atoms with E-state index in [0.29, 0.717) is 23.3 Å². The van der Waals surface area contributed by atoms with Crippen molar-refractivity contribution in [1.29, 1.82) is 0 Å². The number of anilines is 3. The summed E-state index contributed by atoms with van der Waals surface area (Å²) in [6.07, 6.45) is 0. The van der Waals surface area contributed by atoms with E-state index in [-0.39, 0.29) is 0 Å². The average molecular weight is 206 g/mol. The Bertz CT molecular complexity index is 354. The normalized spacial score (nSPS) is 25.9. The van der Waals surface area contributed by atoms with E-state index in [1.54, 1.807) is 0 Å². The Labute approximate surface area is 90.3 Å². The summed E-state index contributed by atoms with van der Waals surface area (Å²) < 4.78 is 0. The van der Waals surface area contributed by atoms with Crippen LogP contribution in [0.4, 0.5) is 17.3 Å². The van der Waals surface area contributed by atoms with Crippen LogP contribution in [0.1, 0.15) is 13.8 Å². The standard InChI is InChI=1S/C11H18N4/c1-7-5-15(6-8(7)2)10-4-3-9(12)11(13)14-10/h3-4,7-8H,5-6,12H2,1-2H3,(H2,13,14). The first-order valence-electron chi connectivity index (χ1n) is 5.35. The lowest BCUT2D eigenvalue weighted by Crippen LogP contribution is -2.21. The molecule has 0 spiro atoms. The number of nitrogens with two attached hydrogens (primary N) is 2. The average Bonchev–Trinajstić information content (AvgIpc) is 2.52. The molecule has 1 aromatic heterocycles. The molecule has 0 radical (unpaired) electrons. The first-order valence-corrected chi connectivity index (χ1v) is 5.35. The van der Waals surface area contributed by atoms with Gasteiger partial charge in [-0.1, -0.05) is 13.8 Å². The molecule has 15 heavy (non-hydrogen) atoms. The molecular formula is C11H18N4. The van der Waals surface area contributed by atoms with Gasteiger partial charge in [0.05, 0.1) is 5.69 Å². The first-order chi connectivity index (χ1) is 7.08. The second-order valence-corrected chi connectivity index (χ2v) is 4.50. The molecule has 0 saturated carbocycles. The summed E-state index contributed by atoms with van der Waals surface area (Å²) in [5, 5.41) is 0. The highest BCUT2D eigenvalue weighted by molar-refractivity contribution is 5.62. The van der Waals surface area contributed by atoms with Crippen LogP contribution in [0.3, 0.4) is 0 Å². The van der Waals surface area contributed by atoms with Crippen molar-refractivity contribution in [2.75, 3.05) is 29.5 Å². The van der Waals surface area contributed by atoms with E-state index in [2.05, 4.69) is 23.7 Å². The highest BCUT2D eigenvalue weighted by Crippen LogP contribution is 2.27. The molecule has 1 aliphatic heterocycles. The molecule has 82 valence electrons. The molecular weight excluding hydrogens is 188 g/mol. The van der Waals surface area contributed by atoms with Crippen molar-refractivity contribution in [2.45, 2.75) is 13.8 Å². The summed E-state index contributed by atoms with van der Waals surface area (Å²) >= 11 is 0. The van der Waals surface area contributed by atoms with Crippen LogP contribution in [0.5, 0.6) is 0 Å². The van der Waals surface area contributed by atoms with E-state index in [1.807, 2.05) is 12.1 Å². The summed E-state index contributed by atoms with van der Waals surface area (Å²) in [5.74, 6) is 2.80. The van der Waals surface area contributed by atoms with Gasteiger partial charge in [0.1, 0.15) is 11.6 Å². The molecule has 0 aliphatic carbocycles. The minimum absolute atomic E-state index is 0.430. The van der Waals surface area contributed by atoms with Crippen LogP contribution in [-0.4, -0.2) is 18.1 Å². The van der Waals surface area contributed by atoms with E-state index >= 15 is 0 Å². The van der Waals surface area contributed by atoms with Crippen LogP contribution < -0.4 is 16.4 Å². The van der Waals surface area contributed by atoms with Crippen molar-refractivity contribution in [3.05, 3.63) is 12.1 Å². The minimum atomic E-state index is 0.430.